The number of carbonyl (C=O) groups is 1. The van der Waals surface area contributed by atoms with Crippen LogP contribution in [0.4, 0.5) is 0 Å². The van der Waals surface area contributed by atoms with Gasteiger partial charge in [-0.2, -0.15) is 0 Å². The molecule has 0 aromatic heterocycles. The Morgan fingerprint density at radius 3 is 2.33 bits per heavy atom. The highest BCUT2D eigenvalue weighted by Crippen LogP contribution is 2.12. The zero-order valence-electron chi connectivity index (χ0n) is 10.3. The molecule has 0 rings (SSSR count). The Balaban J connectivity index is 4.54. The van der Waals surface area contributed by atoms with Crippen molar-refractivity contribution in [3.8, 4) is 0 Å². The second-order valence-corrected chi connectivity index (χ2v) is 4.17. The molecule has 0 fully saturated rings. The van der Waals surface area contributed by atoms with E-state index in [4.69, 9.17) is 10.6 Å². The maximum atomic E-state index is 11.6. The lowest BCUT2D eigenvalue weighted by molar-refractivity contribution is -0.128. The summed E-state index contributed by atoms with van der Waals surface area (Å²) in [4.78, 5) is 13.6. The van der Waals surface area contributed by atoms with Crippen LogP contribution in [0.1, 0.15) is 20.8 Å². The van der Waals surface area contributed by atoms with Gasteiger partial charge in [-0.15, -0.1) is 0 Å². The fraction of sp³-hybridized carbons (Fsp3) is 0.900. The van der Waals surface area contributed by atoms with Gasteiger partial charge >= 0.3 is 0 Å². The number of hydrogen-bond acceptors (Lipinski definition) is 4. The first kappa shape index (κ1) is 14.3. The van der Waals surface area contributed by atoms with Crippen molar-refractivity contribution < 1.29 is 9.53 Å². The Kier molecular flexibility index (Phi) is 6.47. The molecular formula is C10H23N3O2. The van der Waals surface area contributed by atoms with Crippen molar-refractivity contribution >= 4 is 5.91 Å². The summed E-state index contributed by atoms with van der Waals surface area (Å²) >= 11 is 0. The minimum atomic E-state index is -0.222. The van der Waals surface area contributed by atoms with Crippen LogP contribution in [0.25, 0.3) is 0 Å². The van der Waals surface area contributed by atoms with E-state index >= 15 is 0 Å². The Labute approximate surface area is 91.9 Å². The number of hydrazine groups is 1. The van der Waals surface area contributed by atoms with Crippen LogP contribution in [0.5, 0.6) is 0 Å². The smallest absolute Gasteiger partial charge is 0.251 e. The number of amides is 1. The van der Waals surface area contributed by atoms with Gasteiger partial charge in [-0.3, -0.25) is 15.1 Å². The zero-order valence-corrected chi connectivity index (χ0v) is 10.3. The first-order valence-electron chi connectivity index (χ1n) is 5.17. The fourth-order valence-corrected chi connectivity index (χ4v) is 1.68. The van der Waals surface area contributed by atoms with Gasteiger partial charge in [-0.25, -0.2) is 5.84 Å². The summed E-state index contributed by atoms with van der Waals surface area (Å²) in [6.45, 7) is 6.60. The molecule has 0 bridgehead atoms. The molecule has 0 aliphatic heterocycles. The Morgan fingerprint density at radius 1 is 1.47 bits per heavy atom. The number of nitrogens with two attached hydrogens (primary N) is 1. The summed E-state index contributed by atoms with van der Waals surface area (Å²) in [5, 5.41) is 0. The predicted octanol–water partition coefficient (Wildman–Crippen LogP) is -0.0324. The lowest BCUT2D eigenvalue weighted by Crippen LogP contribution is -2.53. The van der Waals surface area contributed by atoms with Crippen LogP contribution < -0.4 is 11.3 Å². The third-order valence-corrected chi connectivity index (χ3v) is 2.58. The molecule has 15 heavy (non-hydrogen) atoms. The standard InChI is InChI=1S/C10H23N3O2/c1-7(2)9(10(14)12-11)13(4)8(3)6-15-5/h7-9H,6,11H2,1-5H3,(H,12,14). The SMILES string of the molecule is COCC(C)N(C)C(C(=O)NN)C(C)C. The average molecular weight is 217 g/mol. The number of rotatable bonds is 6. The molecule has 1 amide bonds. The lowest BCUT2D eigenvalue weighted by Gasteiger charge is -2.33. The first-order valence-corrected chi connectivity index (χ1v) is 5.17. The molecule has 0 aromatic rings. The van der Waals surface area contributed by atoms with Crippen LogP contribution in [0.2, 0.25) is 0 Å². The van der Waals surface area contributed by atoms with Crippen LogP contribution in [-0.2, 0) is 9.53 Å². The maximum Gasteiger partial charge on any atom is 0.251 e. The fourth-order valence-electron chi connectivity index (χ4n) is 1.68. The molecule has 2 unspecified atom stereocenters. The number of nitrogens with one attached hydrogen (secondary N) is 1. The number of methoxy groups -OCH3 is 1. The van der Waals surface area contributed by atoms with Gasteiger partial charge in [0.25, 0.3) is 5.91 Å². The molecule has 0 saturated heterocycles. The molecular weight excluding hydrogens is 194 g/mol. The minimum Gasteiger partial charge on any atom is -0.383 e. The van der Waals surface area contributed by atoms with Crippen molar-refractivity contribution in [1.29, 1.82) is 0 Å². The predicted molar refractivity (Wildman–Crippen MR) is 60.1 cm³/mol. The van der Waals surface area contributed by atoms with Crippen molar-refractivity contribution in [3.63, 3.8) is 0 Å². The Bertz CT molecular complexity index is 197. The summed E-state index contributed by atoms with van der Waals surface area (Å²) in [5.74, 6) is 5.21. The molecule has 0 aliphatic carbocycles. The van der Waals surface area contributed by atoms with Crippen molar-refractivity contribution in [2.45, 2.75) is 32.9 Å². The second kappa shape index (κ2) is 6.76. The number of likely N-dealkylation sites (N-methyl/N-ethyl adjacent to an activating group) is 1. The van der Waals surface area contributed by atoms with E-state index in [0.29, 0.717) is 6.61 Å². The topological polar surface area (TPSA) is 67.6 Å². The molecule has 0 aliphatic rings. The van der Waals surface area contributed by atoms with Crippen LogP contribution in [0.15, 0.2) is 0 Å². The Hall–Kier alpha value is -0.650. The van der Waals surface area contributed by atoms with E-state index in [1.807, 2.05) is 32.7 Å². The van der Waals surface area contributed by atoms with Crippen LogP contribution in [0, 0.1) is 5.92 Å². The summed E-state index contributed by atoms with van der Waals surface area (Å²) < 4.78 is 5.06. The lowest BCUT2D eigenvalue weighted by atomic mass is 10.0. The van der Waals surface area contributed by atoms with E-state index in [2.05, 4.69) is 5.43 Å². The Morgan fingerprint density at radius 2 is 2.00 bits per heavy atom. The number of ether oxygens (including phenoxy) is 1. The third-order valence-electron chi connectivity index (χ3n) is 2.58. The van der Waals surface area contributed by atoms with Gasteiger partial charge in [0.15, 0.2) is 0 Å². The monoisotopic (exact) mass is 217 g/mol. The van der Waals surface area contributed by atoms with E-state index in [0.717, 1.165) is 0 Å². The molecule has 0 saturated carbocycles. The average Bonchev–Trinajstić information content (AvgIpc) is 2.17. The number of hydrogen-bond donors (Lipinski definition) is 2. The number of nitrogens with zero attached hydrogens (tertiary/aromatic N) is 1. The van der Waals surface area contributed by atoms with E-state index in [1.165, 1.54) is 0 Å². The van der Waals surface area contributed by atoms with E-state index < -0.39 is 0 Å². The molecule has 90 valence electrons. The van der Waals surface area contributed by atoms with Gasteiger partial charge in [0.2, 0.25) is 0 Å². The number of carbonyl (C=O) groups excluding carboxylic acids is 1. The van der Waals surface area contributed by atoms with Crippen LogP contribution in [0.3, 0.4) is 0 Å². The van der Waals surface area contributed by atoms with Crippen LogP contribution >= 0.6 is 0 Å². The maximum absolute atomic E-state index is 11.6. The molecule has 3 N–H and O–H groups in total. The second-order valence-electron chi connectivity index (χ2n) is 4.17. The van der Waals surface area contributed by atoms with Crippen molar-refractivity contribution in [3.05, 3.63) is 0 Å². The van der Waals surface area contributed by atoms with Gasteiger partial charge in [0.05, 0.1) is 12.6 Å². The van der Waals surface area contributed by atoms with Crippen molar-refractivity contribution in [2.75, 3.05) is 20.8 Å². The quantitative estimate of drug-likeness (QED) is 0.372. The molecule has 2 atom stereocenters. The summed E-state index contributed by atoms with van der Waals surface area (Å²) in [7, 11) is 3.56. The normalized spacial score (nSPS) is 15.5. The minimum absolute atomic E-state index is 0.157. The van der Waals surface area contributed by atoms with Gasteiger partial charge in [0, 0.05) is 13.2 Å². The molecule has 0 heterocycles. The first-order chi connectivity index (χ1) is 6.95. The van der Waals surface area contributed by atoms with E-state index in [-0.39, 0.29) is 23.9 Å². The van der Waals surface area contributed by atoms with Gasteiger partial charge < -0.3 is 4.74 Å². The van der Waals surface area contributed by atoms with Gasteiger partial charge in [0.1, 0.15) is 0 Å². The molecule has 0 radical (unpaired) electrons. The molecule has 5 nitrogen and oxygen atoms in total. The van der Waals surface area contributed by atoms with Crippen molar-refractivity contribution in [2.24, 2.45) is 11.8 Å². The van der Waals surface area contributed by atoms with Crippen LogP contribution in [-0.4, -0.2) is 43.7 Å². The van der Waals surface area contributed by atoms with Crippen molar-refractivity contribution in [1.82, 2.24) is 10.3 Å². The van der Waals surface area contributed by atoms with E-state index in [1.54, 1.807) is 7.11 Å². The molecule has 0 spiro atoms. The highest BCUT2D eigenvalue weighted by Gasteiger charge is 2.28. The largest absolute Gasteiger partial charge is 0.383 e. The third kappa shape index (κ3) is 4.15. The molecule has 0 aromatic carbocycles. The van der Waals surface area contributed by atoms with Gasteiger partial charge in [-0.05, 0) is 19.9 Å². The summed E-state index contributed by atoms with van der Waals surface area (Å²) in [5.41, 5.74) is 2.20. The molecule has 5 heteroatoms. The zero-order chi connectivity index (χ0) is 12.0. The van der Waals surface area contributed by atoms with E-state index in [9.17, 15) is 4.79 Å². The highest BCUT2D eigenvalue weighted by atomic mass is 16.5. The summed E-state index contributed by atoms with van der Waals surface area (Å²) in [6, 6.07) is -0.0418. The van der Waals surface area contributed by atoms with Gasteiger partial charge in [-0.1, -0.05) is 13.8 Å². The summed E-state index contributed by atoms with van der Waals surface area (Å²) in [6.07, 6.45) is 0. The highest BCUT2D eigenvalue weighted by molar-refractivity contribution is 5.81.